The molecule has 0 unspecified atom stereocenters. The Kier molecular flexibility index (Phi) is 1.81. The molecule has 80 valence electrons. The van der Waals surface area contributed by atoms with Gasteiger partial charge in [-0.25, -0.2) is 0 Å². The van der Waals surface area contributed by atoms with Crippen LogP contribution >= 0.6 is 23.2 Å². The molecule has 1 heterocycles. The molecule has 0 bridgehead atoms. The van der Waals surface area contributed by atoms with Gasteiger partial charge in [0, 0.05) is 5.02 Å². The van der Waals surface area contributed by atoms with Gasteiger partial charge in [0.2, 0.25) is 0 Å². The van der Waals surface area contributed by atoms with Crippen molar-refractivity contribution in [3.63, 3.8) is 0 Å². The highest BCUT2D eigenvalue weighted by atomic mass is 35.5. The summed E-state index contributed by atoms with van der Waals surface area (Å²) in [6, 6.07) is 3.20. The van der Waals surface area contributed by atoms with E-state index >= 15 is 0 Å². The van der Waals surface area contributed by atoms with E-state index in [1.165, 1.54) is 0 Å². The minimum Gasteiger partial charge on any atom is -0.349 e. The van der Waals surface area contributed by atoms with E-state index in [0.29, 0.717) is 21.4 Å². The van der Waals surface area contributed by atoms with Gasteiger partial charge in [0.05, 0.1) is 16.4 Å². The lowest BCUT2D eigenvalue weighted by atomic mass is 10.1. The molecular formula is C10H4Cl2N2O2. The molecule has 2 N–H and O–H groups in total. The van der Waals surface area contributed by atoms with Crippen molar-refractivity contribution in [1.82, 2.24) is 0 Å². The minimum absolute atomic E-state index is 0.265. The van der Waals surface area contributed by atoms with Gasteiger partial charge in [-0.05, 0) is 12.1 Å². The average molecular weight is 255 g/mol. The third-order valence-electron chi connectivity index (χ3n) is 2.48. The normalized spacial score (nSPS) is 12.6. The molecule has 2 aromatic rings. The average Bonchev–Trinajstić information content (AvgIpc) is 2.26. The van der Waals surface area contributed by atoms with Crippen molar-refractivity contribution in [2.45, 2.75) is 0 Å². The van der Waals surface area contributed by atoms with Gasteiger partial charge in [0.15, 0.2) is 0 Å². The molecule has 4 nitrogen and oxygen atoms in total. The summed E-state index contributed by atoms with van der Waals surface area (Å²) >= 11 is 11.8. The Labute approximate surface area is 99.5 Å². The van der Waals surface area contributed by atoms with Crippen LogP contribution in [0.15, 0.2) is 21.7 Å². The largest absolute Gasteiger partial charge is 0.349 e. The monoisotopic (exact) mass is 254 g/mol. The van der Waals surface area contributed by atoms with Crippen LogP contribution in [0.1, 0.15) is 0 Å². The lowest BCUT2D eigenvalue weighted by Crippen LogP contribution is -2.37. The van der Waals surface area contributed by atoms with E-state index in [4.69, 9.17) is 23.2 Å². The van der Waals surface area contributed by atoms with E-state index in [1.807, 2.05) is 0 Å². The fraction of sp³-hybridized carbons (Fsp3) is 0. The summed E-state index contributed by atoms with van der Waals surface area (Å²) in [5.74, 6) is 0. The Bertz CT molecular complexity index is 687. The molecule has 2 aromatic carbocycles. The van der Waals surface area contributed by atoms with Crippen molar-refractivity contribution in [3.8, 4) is 0 Å². The predicted octanol–water partition coefficient (Wildman–Crippen LogP) is 2.39. The zero-order chi connectivity index (χ0) is 11.4. The van der Waals surface area contributed by atoms with Crippen LogP contribution in [0.3, 0.4) is 0 Å². The van der Waals surface area contributed by atoms with Crippen LogP contribution in [0.4, 0.5) is 22.7 Å². The van der Waals surface area contributed by atoms with Crippen LogP contribution in [0.5, 0.6) is 0 Å². The molecular weight excluding hydrogens is 251 g/mol. The molecule has 0 aromatic heterocycles. The Hall–Kier alpha value is -1.52. The van der Waals surface area contributed by atoms with E-state index in [9.17, 15) is 9.59 Å². The van der Waals surface area contributed by atoms with E-state index in [2.05, 4.69) is 10.6 Å². The lowest BCUT2D eigenvalue weighted by molar-refractivity contribution is 1.32. The second-order valence-corrected chi connectivity index (χ2v) is 4.31. The predicted molar refractivity (Wildman–Crippen MR) is 64.4 cm³/mol. The Morgan fingerprint density at radius 3 is 2.19 bits per heavy atom. The maximum absolute atomic E-state index is 11.2. The van der Waals surface area contributed by atoms with Gasteiger partial charge in [-0.15, -0.1) is 0 Å². The SMILES string of the molecule is O=c1c2c(c1=O)Nc1c(Cl)cc(Cl)cc1N2. The number of fused-ring (bicyclic) bond motifs is 2. The van der Waals surface area contributed by atoms with Crippen LogP contribution < -0.4 is 21.5 Å². The number of halogens is 2. The summed E-state index contributed by atoms with van der Waals surface area (Å²) in [7, 11) is 0. The summed E-state index contributed by atoms with van der Waals surface area (Å²) in [6.45, 7) is 0. The van der Waals surface area contributed by atoms with E-state index in [-0.39, 0.29) is 11.4 Å². The summed E-state index contributed by atoms with van der Waals surface area (Å²) in [5.41, 5.74) is 0.642. The van der Waals surface area contributed by atoms with Crippen molar-refractivity contribution < 1.29 is 0 Å². The molecule has 0 saturated carbocycles. The highest BCUT2D eigenvalue weighted by Crippen LogP contribution is 2.41. The number of benzene rings is 1. The van der Waals surface area contributed by atoms with Crippen molar-refractivity contribution in [2.75, 3.05) is 10.6 Å². The second-order valence-electron chi connectivity index (χ2n) is 3.47. The molecule has 1 aliphatic rings. The maximum atomic E-state index is 11.2. The first-order valence-electron chi connectivity index (χ1n) is 4.44. The molecule has 0 amide bonds. The highest BCUT2D eigenvalue weighted by Gasteiger charge is 2.27. The first kappa shape index (κ1) is 9.69. The van der Waals surface area contributed by atoms with Crippen LogP contribution in [-0.4, -0.2) is 0 Å². The molecule has 6 heteroatoms. The number of anilines is 4. The topological polar surface area (TPSA) is 58.2 Å². The van der Waals surface area contributed by atoms with Gasteiger partial charge >= 0.3 is 0 Å². The van der Waals surface area contributed by atoms with E-state index < -0.39 is 10.9 Å². The van der Waals surface area contributed by atoms with Gasteiger partial charge in [-0.3, -0.25) is 9.59 Å². The Morgan fingerprint density at radius 2 is 1.50 bits per heavy atom. The summed E-state index contributed by atoms with van der Waals surface area (Å²) in [6.07, 6.45) is 0. The maximum Gasteiger partial charge on any atom is 0.253 e. The quantitative estimate of drug-likeness (QED) is 0.605. The van der Waals surface area contributed by atoms with E-state index in [1.54, 1.807) is 12.1 Å². The molecule has 1 aliphatic heterocycles. The van der Waals surface area contributed by atoms with Gasteiger partial charge in [0.1, 0.15) is 11.4 Å². The third-order valence-corrected chi connectivity index (χ3v) is 2.99. The Morgan fingerprint density at radius 1 is 0.875 bits per heavy atom. The smallest absolute Gasteiger partial charge is 0.253 e. The van der Waals surface area contributed by atoms with Crippen molar-refractivity contribution >= 4 is 46.0 Å². The van der Waals surface area contributed by atoms with Crippen molar-refractivity contribution in [2.24, 2.45) is 0 Å². The van der Waals surface area contributed by atoms with E-state index in [0.717, 1.165) is 0 Å². The third kappa shape index (κ3) is 1.11. The fourth-order valence-electron chi connectivity index (χ4n) is 1.69. The van der Waals surface area contributed by atoms with Crippen LogP contribution in [0.2, 0.25) is 10.0 Å². The molecule has 0 atom stereocenters. The first-order valence-corrected chi connectivity index (χ1v) is 5.20. The molecule has 0 radical (unpaired) electrons. The van der Waals surface area contributed by atoms with Gasteiger partial charge in [-0.1, -0.05) is 23.2 Å². The molecule has 16 heavy (non-hydrogen) atoms. The van der Waals surface area contributed by atoms with Crippen molar-refractivity contribution in [1.29, 1.82) is 0 Å². The zero-order valence-corrected chi connectivity index (χ0v) is 9.24. The van der Waals surface area contributed by atoms with Crippen molar-refractivity contribution in [3.05, 3.63) is 42.6 Å². The van der Waals surface area contributed by atoms with Crippen LogP contribution in [-0.2, 0) is 0 Å². The van der Waals surface area contributed by atoms with Gasteiger partial charge in [-0.2, -0.15) is 0 Å². The molecule has 3 rings (SSSR count). The zero-order valence-electron chi connectivity index (χ0n) is 7.73. The standard InChI is InChI=1S/C10H4Cl2N2O2/c11-3-1-4(12)6-5(2-3)13-7-8(14-6)10(16)9(7)15/h1-2,13-14H. The van der Waals surface area contributed by atoms with Crippen LogP contribution in [0.25, 0.3) is 0 Å². The lowest BCUT2D eigenvalue weighted by Gasteiger charge is -2.24. The number of hydrogen-bond donors (Lipinski definition) is 2. The second kappa shape index (κ2) is 2.99. The van der Waals surface area contributed by atoms with Gasteiger partial charge < -0.3 is 10.6 Å². The van der Waals surface area contributed by atoms with Crippen LogP contribution in [0, 0.1) is 0 Å². The minimum atomic E-state index is -0.529. The summed E-state index contributed by atoms with van der Waals surface area (Å²) in [4.78, 5) is 22.4. The fourth-order valence-corrected chi connectivity index (χ4v) is 2.23. The number of hydrogen-bond acceptors (Lipinski definition) is 4. The number of rotatable bonds is 0. The number of nitrogens with one attached hydrogen (secondary N) is 2. The first-order chi connectivity index (χ1) is 7.58. The molecule has 0 aliphatic carbocycles. The molecule has 0 fully saturated rings. The van der Waals surface area contributed by atoms with Gasteiger partial charge in [0.25, 0.3) is 10.9 Å². The Balaban J connectivity index is 2.20. The summed E-state index contributed by atoms with van der Waals surface area (Å²) in [5, 5.41) is 6.52. The molecule has 0 saturated heterocycles. The molecule has 0 spiro atoms. The summed E-state index contributed by atoms with van der Waals surface area (Å²) < 4.78 is 0. The highest BCUT2D eigenvalue weighted by molar-refractivity contribution is 6.37.